The zero-order valence-corrected chi connectivity index (χ0v) is 16.8. The van der Waals surface area contributed by atoms with Gasteiger partial charge in [0.1, 0.15) is 6.04 Å². The molecule has 1 aliphatic heterocycles. The van der Waals surface area contributed by atoms with Gasteiger partial charge in [-0.3, -0.25) is 9.59 Å². The molecule has 2 unspecified atom stereocenters. The molecule has 1 fully saturated rings. The first-order chi connectivity index (χ1) is 12.6. The van der Waals surface area contributed by atoms with Crippen LogP contribution in [0.5, 0.6) is 0 Å². The zero-order chi connectivity index (χ0) is 20.2. The molecule has 2 atom stereocenters. The highest BCUT2D eigenvalue weighted by atomic mass is 32.2. The number of nitrogens with one attached hydrogen (secondary N) is 1. The molecule has 0 spiro atoms. The average molecular weight is 394 g/mol. The van der Waals surface area contributed by atoms with Gasteiger partial charge in [-0.1, -0.05) is 32.9 Å². The number of hydrogen-bond acceptors (Lipinski definition) is 5. The number of nitrogens with zero attached hydrogens (tertiary/aromatic N) is 1. The maximum absolute atomic E-state index is 12.8. The van der Waals surface area contributed by atoms with E-state index in [1.54, 1.807) is 12.1 Å². The third-order valence-electron chi connectivity index (χ3n) is 4.47. The molecule has 0 aromatic heterocycles. The maximum atomic E-state index is 12.8. The Morgan fingerprint density at radius 1 is 1.30 bits per heavy atom. The second-order valence-electron chi connectivity index (χ2n) is 7.43. The van der Waals surface area contributed by atoms with Crippen LogP contribution in [0, 0.1) is 0 Å². The predicted molar refractivity (Wildman–Crippen MR) is 104 cm³/mol. The molecule has 0 aliphatic carbocycles. The van der Waals surface area contributed by atoms with Crippen molar-refractivity contribution in [1.82, 2.24) is 10.2 Å². The van der Waals surface area contributed by atoms with Crippen molar-refractivity contribution in [2.24, 2.45) is 0 Å². The number of thioether (sulfide) groups is 1. The summed E-state index contributed by atoms with van der Waals surface area (Å²) in [5.41, 5.74) is 1.65. The van der Waals surface area contributed by atoms with Gasteiger partial charge < -0.3 is 20.1 Å². The number of methoxy groups -OCH3 is 1. The van der Waals surface area contributed by atoms with Crippen molar-refractivity contribution in [3.05, 3.63) is 35.4 Å². The van der Waals surface area contributed by atoms with Gasteiger partial charge in [-0.05, 0) is 23.1 Å². The Morgan fingerprint density at radius 3 is 2.44 bits per heavy atom. The van der Waals surface area contributed by atoms with E-state index in [4.69, 9.17) is 9.84 Å². The molecular weight excluding hydrogens is 368 g/mol. The molecule has 7 nitrogen and oxygen atoms in total. The average Bonchev–Trinajstić information content (AvgIpc) is 3.10. The Hall–Kier alpha value is -2.06. The van der Waals surface area contributed by atoms with Gasteiger partial charge in [-0.15, -0.1) is 11.8 Å². The summed E-state index contributed by atoms with van der Waals surface area (Å²) in [6.07, 6.45) is -1.11. The third-order valence-corrected chi connectivity index (χ3v) is 5.48. The van der Waals surface area contributed by atoms with Crippen molar-refractivity contribution in [1.29, 1.82) is 0 Å². The number of carbonyl (C=O) groups excluding carboxylic acids is 2. The molecule has 148 valence electrons. The van der Waals surface area contributed by atoms with Crippen LogP contribution >= 0.6 is 11.8 Å². The summed E-state index contributed by atoms with van der Waals surface area (Å²) in [6, 6.07) is 6.80. The first-order valence-electron chi connectivity index (χ1n) is 8.67. The molecule has 2 N–H and O–H groups in total. The second kappa shape index (κ2) is 8.75. The van der Waals surface area contributed by atoms with Gasteiger partial charge in [0.2, 0.25) is 5.91 Å². The van der Waals surface area contributed by atoms with Crippen LogP contribution in [0.4, 0.5) is 0 Å². The van der Waals surface area contributed by atoms with Gasteiger partial charge in [-0.2, -0.15) is 0 Å². The summed E-state index contributed by atoms with van der Waals surface area (Å²) >= 11 is 1.49. The van der Waals surface area contributed by atoms with Crippen molar-refractivity contribution >= 4 is 29.5 Å². The monoisotopic (exact) mass is 394 g/mol. The Bertz CT molecular complexity index is 699. The predicted octanol–water partition coefficient (Wildman–Crippen LogP) is 1.71. The normalized spacial score (nSPS) is 18.2. The lowest BCUT2D eigenvalue weighted by atomic mass is 9.86. The molecular formula is C19H26N2O5S. The van der Waals surface area contributed by atoms with Crippen LogP contribution in [0.1, 0.15) is 36.7 Å². The van der Waals surface area contributed by atoms with Crippen molar-refractivity contribution in [2.75, 3.05) is 25.3 Å². The molecule has 0 saturated carbocycles. The molecule has 27 heavy (non-hydrogen) atoms. The SMILES string of the molecule is COC(CNC(=O)C1CSCN1C(=O)c1ccc(C(C)(C)C)cc1)C(=O)O. The minimum absolute atomic E-state index is 0.00444. The number of ether oxygens (including phenoxy) is 1. The topological polar surface area (TPSA) is 95.9 Å². The summed E-state index contributed by atoms with van der Waals surface area (Å²) in [5, 5.41) is 11.5. The Labute approximate surface area is 163 Å². The number of carboxylic acids is 1. The van der Waals surface area contributed by atoms with Gasteiger partial charge in [0, 0.05) is 18.4 Å². The van der Waals surface area contributed by atoms with Crippen molar-refractivity contribution in [2.45, 2.75) is 38.3 Å². The number of aliphatic carboxylic acids is 1. The van der Waals surface area contributed by atoms with E-state index in [-0.39, 0.29) is 23.8 Å². The summed E-state index contributed by atoms with van der Waals surface area (Å²) in [4.78, 5) is 37.8. The van der Waals surface area contributed by atoms with Crippen LogP contribution in [-0.2, 0) is 19.7 Å². The van der Waals surface area contributed by atoms with Crippen LogP contribution in [0.3, 0.4) is 0 Å². The van der Waals surface area contributed by atoms with E-state index in [0.717, 1.165) is 5.56 Å². The molecule has 8 heteroatoms. The number of carboxylic acid groups (broad SMARTS) is 1. The largest absolute Gasteiger partial charge is 0.479 e. The molecule has 1 saturated heterocycles. The quantitative estimate of drug-likeness (QED) is 0.763. The van der Waals surface area contributed by atoms with Crippen LogP contribution in [-0.4, -0.2) is 65.2 Å². The smallest absolute Gasteiger partial charge is 0.334 e. The third kappa shape index (κ3) is 5.23. The summed E-state index contributed by atoms with van der Waals surface area (Å²) in [7, 11) is 1.27. The van der Waals surface area contributed by atoms with E-state index in [9.17, 15) is 14.4 Å². The minimum Gasteiger partial charge on any atom is -0.479 e. The molecule has 1 aliphatic rings. The number of benzene rings is 1. The molecule has 0 radical (unpaired) electrons. The Kier molecular flexibility index (Phi) is 6.89. The van der Waals surface area contributed by atoms with Gasteiger partial charge >= 0.3 is 5.97 Å². The number of hydrogen-bond donors (Lipinski definition) is 2. The summed E-state index contributed by atoms with van der Waals surface area (Å²) in [5.74, 6) is -0.831. The minimum atomic E-state index is -1.15. The van der Waals surface area contributed by atoms with Crippen LogP contribution in [0.15, 0.2) is 24.3 Å². The first kappa shape index (κ1) is 21.2. The van der Waals surface area contributed by atoms with Gasteiger partial charge in [-0.25, -0.2) is 4.79 Å². The second-order valence-corrected chi connectivity index (χ2v) is 8.43. The highest BCUT2D eigenvalue weighted by molar-refractivity contribution is 7.99. The number of rotatable bonds is 6. The standard InChI is InChI=1S/C19H26N2O5S/c1-19(2,3)13-7-5-12(6-8-13)17(23)21-11-27-10-14(21)16(22)20-9-15(26-4)18(24)25/h5-8,14-15H,9-11H2,1-4H3,(H,20,22)(H,24,25). The van der Waals surface area contributed by atoms with E-state index >= 15 is 0 Å². The van der Waals surface area contributed by atoms with E-state index in [1.807, 2.05) is 12.1 Å². The van der Waals surface area contributed by atoms with Crippen LogP contribution < -0.4 is 5.32 Å². The van der Waals surface area contributed by atoms with Crippen LogP contribution in [0.25, 0.3) is 0 Å². The van der Waals surface area contributed by atoms with Crippen LogP contribution in [0.2, 0.25) is 0 Å². The number of amides is 2. The number of carbonyl (C=O) groups is 3. The Balaban J connectivity index is 2.05. The lowest BCUT2D eigenvalue weighted by Gasteiger charge is -2.24. The fourth-order valence-corrected chi connectivity index (χ4v) is 3.88. The van der Waals surface area contributed by atoms with E-state index in [1.165, 1.54) is 23.8 Å². The maximum Gasteiger partial charge on any atom is 0.334 e. The van der Waals surface area contributed by atoms with E-state index < -0.39 is 18.1 Å². The fraction of sp³-hybridized carbons (Fsp3) is 0.526. The molecule has 0 bridgehead atoms. The van der Waals surface area contributed by atoms with E-state index in [0.29, 0.717) is 17.2 Å². The van der Waals surface area contributed by atoms with Gasteiger partial charge in [0.15, 0.2) is 6.10 Å². The Morgan fingerprint density at radius 2 is 1.93 bits per heavy atom. The molecule has 1 aromatic carbocycles. The highest BCUT2D eigenvalue weighted by Gasteiger charge is 2.35. The molecule has 2 rings (SSSR count). The molecule has 2 amide bonds. The summed E-state index contributed by atoms with van der Waals surface area (Å²) in [6.45, 7) is 6.16. The lowest BCUT2D eigenvalue weighted by Crippen LogP contribution is -2.49. The molecule has 1 aromatic rings. The fourth-order valence-electron chi connectivity index (χ4n) is 2.72. The van der Waals surface area contributed by atoms with Gasteiger partial charge in [0.25, 0.3) is 5.91 Å². The van der Waals surface area contributed by atoms with Gasteiger partial charge in [0.05, 0.1) is 12.4 Å². The van der Waals surface area contributed by atoms with Crippen molar-refractivity contribution in [3.8, 4) is 0 Å². The van der Waals surface area contributed by atoms with Crippen molar-refractivity contribution < 1.29 is 24.2 Å². The highest BCUT2D eigenvalue weighted by Crippen LogP contribution is 2.26. The first-order valence-corrected chi connectivity index (χ1v) is 9.83. The van der Waals surface area contributed by atoms with Crippen molar-refractivity contribution in [3.63, 3.8) is 0 Å². The summed E-state index contributed by atoms with van der Waals surface area (Å²) < 4.78 is 4.81. The molecule has 1 heterocycles. The lowest BCUT2D eigenvalue weighted by molar-refractivity contribution is -0.148. The van der Waals surface area contributed by atoms with E-state index in [2.05, 4.69) is 26.1 Å². The zero-order valence-electron chi connectivity index (χ0n) is 16.0.